The molecule has 29 heavy (non-hydrogen) atoms. The van der Waals surface area contributed by atoms with Crippen LogP contribution < -0.4 is 4.74 Å². The highest BCUT2D eigenvalue weighted by molar-refractivity contribution is 5.64. The first kappa shape index (κ1) is 19.9. The molecule has 0 aliphatic carbocycles. The molecule has 2 aromatic heterocycles. The number of rotatable bonds is 5. The minimum atomic E-state index is -0.998. The van der Waals surface area contributed by atoms with Crippen LogP contribution in [0.5, 0.6) is 5.75 Å². The van der Waals surface area contributed by atoms with E-state index in [1.807, 2.05) is 20.8 Å². The molecule has 0 aliphatic heterocycles. The summed E-state index contributed by atoms with van der Waals surface area (Å²) in [7, 11) is 0. The first-order valence-corrected chi connectivity index (χ1v) is 8.61. The van der Waals surface area contributed by atoms with E-state index >= 15 is 0 Å². The van der Waals surface area contributed by atoms with Crippen LogP contribution in [0, 0.1) is 15.5 Å². The van der Waals surface area contributed by atoms with Crippen molar-refractivity contribution in [2.75, 3.05) is 0 Å². The highest BCUT2D eigenvalue weighted by atomic mass is 16.7. The number of hydrogen-bond acceptors (Lipinski definition) is 9. The second-order valence-electron chi connectivity index (χ2n) is 7.15. The highest BCUT2D eigenvalue weighted by Gasteiger charge is 2.35. The molecule has 0 bridgehead atoms. The molecule has 0 radical (unpaired) electrons. The van der Waals surface area contributed by atoms with Crippen LogP contribution in [-0.2, 0) is 4.74 Å². The van der Waals surface area contributed by atoms with Crippen LogP contribution in [0.25, 0.3) is 11.5 Å². The van der Waals surface area contributed by atoms with Gasteiger partial charge in [-0.25, -0.2) is 4.79 Å². The van der Waals surface area contributed by atoms with Gasteiger partial charge in [0.15, 0.2) is 6.10 Å². The van der Waals surface area contributed by atoms with E-state index in [2.05, 4.69) is 15.2 Å². The predicted octanol–water partition coefficient (Wildman–Crippen LogP) is 4.34. The van der Waals surface area contributed by atoms with E-state index in [1.165, 1.54) is 24.3 Å². The van der Waals surface area contributed by atoms with E-state index in [4.69, 9.17) is 13.9 Å². The monoisotopic (exact) mass is 398 g/mol. The SMILES string of the molecule is CC(C)(C)[C@@H](OC(=O)Oc1ccc([N+](=O)[O-])cc1)c1nnc(-c2ccncc2)o1. The molecule has 10 nitrogen and oxygen atoms in total. The first-order valence-electron chi connectivity index (χ1n) is 8.61. The molecule has 0 amide bonds. The summed E-state index contributed by atoms with van der Waals surface area (Å²) in [6.45, 7) is 5.52. The molecule has 3 rings (SSSR count). The molecule has 0 unspecified atom stereocenters. The van der Waals surface area contributed by atoms with Gasteiger partial charge in [-0.3, -0.25) is 15.1 Å². The van der Waals surface area contributed by atoms with Crippen LogP contribution in [0.1, 0.15) is 32.8 Å². The van der Waals surface area contributed by atoms with E-state index in [0.29, 0.717) is 5.56 Å². The number of carbonyl (C=O) groups excluding carboxylic acids is 1. The molecule has 3 aromatic rings. The van der Waals surface area contributed by atoms with Crippen molar-refractivity contribution >= 4 is 11.8 Å². The molecular weight excluding hydrogens is 380 g/mol. The summed E-state index contributed by atoms with van der Waals surface area (Å²) in [5.41, 5.74) is -0.0102. The van der Waals surface area contributed by atoms with E-state index < -0.39 is 22.6 Å². The summed E-state index contributed by atoms with van der Waals surface area (Å²) in [6, 6.07) is 8.49. The van der Waals surface area contributed by atoms with Gasteiger partial charge in [0.25, 0.3) is 11.6 Å². The van der Waals surface area contributed by atoms with Crippen LogP contribution in [0.15, 0.2) is 53.2 Å². The number of hydrogen-bond donors (Lipinski definition) is 0. The van der Waals surface area contributed by atoms with Crippen molar-refractivity contribution in [3.05, 3.63) is 64.8 Å². The lowest BCUT2D eigenvalue weighted by atomic mass is 9.89. The largest absolute Gasteiger partial charge is 0.514 e. The first-order chi connectivity index (χ1) is 13.7. The Hall–Kier alpha value is -3.82. The number of aromatic nitrogens is 3. The molecule has 0 spiro atoms. The Morgan fingerprint density at radius 1 is 1.10 bits per heavy atom. The zero-order chi connectivity index (χ0) is 21.0. The lowest BCUT2D eigenvalue weighted by molar-refractivity contribution is -0.384. The Bertz CT molecular complexity index is 996. The smallest absolute Gasteiger partial charge is 0.420 e. The average Bonchev–Trinajstić information content (AvgIpc) is 3.16. The van der Waals surface area contributed by atoms with Crippen molar-refractivity contribution in [1.29, 1.82) is 0 Å². The van der Waals surface area contributed by atoms with Crippen LogP contribution in [-0.4, -0.2) is 26.3 Å². The van der Waals surface area contributed by atoms with Crippen molar-refractivity contribution in [3.63, 3.8) is 0 Å². The summed E-state index contributed by atoms with van der Waals surface area (Å²) in [5, 5.41) is 18.7. The summed E-state index contributed by atoms with van der Waals surface area (Å²) in [4.78, 5) is 26.3. The minimum absolute atomic E-state index is 0.108. The maximum absolute atomic E-state index is 12.3. The van der Waals surface area contributed by atoms with E-state index in [9.17, 15) is 14.9 Å². The molecule has 0 aliphatic rings. The predicted molar refractivity (Wildman–Crippen MR) is 99.9 cm³/mol. The van der Waals surface area contributed by atoms with Gasteiger partial charge in [0.1, 0.15) is 5.75 Å². The topological polar surface area (TPSA) is 130 Å². The second kappa shape index (κ2) is 8.05. The lowest BCUT2D eigenvalue weighted by Crippen LogP contribution is -2.26. The zero-order valence-corrected chi connectivity index (χ0v) is 15.9. The molecule has 0 saturated carbocycles. The number of pyridine rings is 1. The number of nitro benzene ring substituents is 1. The van der Waals surface area contributed by atoms with Crippen molar-refractivity contribution in [2.24, 2.45) is 5.41 Å². The third-order valence-electron chi connectivity index (χ3n) is 3.84. The molecule has 0 N–H and O–H groups in total. The number of nitrogens with zero attached hydrogens (tertiary/aromatic N) is 4. The fourth-order valence-electron chi connectivity index (χ4n) is 2.40. The van der Waals surface area contributed by atoms with Gasteiger partial charge >= 0.3 is 6.16 Å². The number of non-ortho nitro benzene ring substituents is 1. The minimum Gasteiger partial charge on any atom is -0.420 e. The quantitative estimate of drug-likeness (QED) is 0.266. The third-order valence-corrected chi connectivity index (χ3v) is 3.84. The van der Waals surface area contributed by atoms with Crippen molar-refractivity contribution < 1.29 is 23.6 Å². The molecule has 10 heteroatoms. The van der Waals surface area contributed by atoms with E-state index in [-0.39, 0.29) is 23.2 Å². The Morgan fingerprint density at radius 3 is 2.34 bits per heavy atom. The summed E-state index contributed by atoms with van der Waals surface area (Å²) in [6.07, 6.45) is 1.32. The molecule has 150 valence electrons. The zero-order valence-electron chi connectivity index (χ0n) is 15.9. The van der Waals surface area contributed by atoms with Crippen LogP contribution in [0.2, 0.25) is 0 Å². The van der Waals surface area contributed by atoms with Crippen LogP contribution >= 0.6 is 0 Å². The molecule has 0 saturated heterocycles. The van der Waals surface area contributed by atoms with Gasteiger partial charge in [-0.15, -0.1) is 10.2 Å². The number of nitro groups is 1. The number of benzene rings is 1. The Labute approximate surface area is 165 Å². The van der Waals surface area contributed by atoms with Gasteiger partial charge in [-0.1, -0.05) is 20.8 Å². The maximum atomic E-state index is 12.3. The van der Waals surface area contributed by atoms with Gasteiger partial charge in [0, 0.05) is 35.5 Å². The molecular formula is C19H18N4O6. The van der Waals surface area contributed by atoms with Crippen LogP contribution in [0.4, 0.5) is 10.5 Å². The Morgan fingerprint density at radius 2 is 1.76 bits per heavy atom. The Balaban J connectivity index is 1.75. The molecule has 2 heterocycles. The Kier molecular flexibility index (Phi) is 5.53. The van der Waals surface area contributed by atoms with Crippen LogP contribution in [0.3, 0.4) is 0 Å². The molecule has 0 fully saturated rings. The fourth-order valence-corrected chi connectivity index (χ4v) is 2.40. The maximum Gasteiger partial charge on any atom is 0.514 e. The lowest BCUT2D eigenvalue weighted by Gasteiger charge is -2.26. The summed E-state index contributed by atoms with van der Waals surface area (Å²) >= 11 is 0. The van der Waals surface area contributed by atoms with Crippen molar-refractivity contribution in [2.45, 2.75) is 26.9 Å². The normalized spacial score (nSPS) is 12.2. The van der Waals surface area contributed by atoms with Gasteiger partial charge in [0.05, 0.1) is 4.92 Å². The van der Waals surface area contributed by atoms with E-state index in [0.717, 1.165) is 0 Å². The summed E-state index contributed by atoms with van der Waals surface area (Å²) < 4.78 is 16.2. The fraction of sp³-hybridized carbons (Fsp3) is 0.263. The van der Waals surface area contributed by atoms with Gasteiger partial charge in [-0.05, 0) is 24.3 Å². The third kappa shape index (κ3) is 4.92. The number of ether oxygens (including phenoxy) is 2. The average molecular weight is 398 g/mol. The highest BCUT2D eigenvalue weighted by Crippen LogP contribution is 2.36. The number of carbonyl (C=O) groups is 1. The second-order valence-corrected chi connectivity index (χ2v) is 7.15. The van der Waals surface area contributed by atoms with E-state index in [1.54, 1.807) is 24.5 Å². The van der Waals surface area contributed by atoms with Gasteiger partial charge in [-0.2, -0.15) is 0 Å². The summed E-state index contributed by atoms with van der Waals surface area (Å²) in [5.74, 6) is 0.491. The van der Waals surface area contributed by atoms with Gasteiger partial charge < -0.3 is 13.9 Å². The van der Waals surface area contributed by atoms with Gasteiger partial charge in [0.2, 0.25) is 5.89 Å². The molecule has 1 atom stereocenters. The standard InChI is InChI=1S/C19H18N4O6/c1-19(2,3)15(17-22-21-16(29-17)12-8-10-20-11-9-12)28-18(24)27-14-6-4-13(5-7-14)23(25)26/h4-11,15H,1-3H3/t15-/m0/s1. The van der Waals surface area contributed by atoms with Crippen molar-refractivity contribution in [1.82, 2.24) is 15.2 Å². The van der Waals surface area contributed by atoms with Crippen molar-refractivity contribution in [3.8, 4) is 17.2 Å². The molecule has 1 aromatic carbocycles.